The highest BCUT2D eigenvalue weighted by Gasteiger charge is 2.11. The number of nitrogens with zero attached hydrogens (tertiary/aromatic N) is 3. The Morgan fingerprint density at radius 3 is 2.68 bits per heavy atom. The number of hydrogen-bond donors (Lipinski definition) is 1. The van der Waals surface area contributed by atoms with Crippen LogP contribution in [0.1, 0.15) is 12.5 Å². The number of halogens is 1. The van der Waals surface area contributed by atoms with Gasteiger partial charge in [-0.3, -0.25) is 0 Å². The van der Waals surface area contributed by atoms with E-state index in [0.717, 1.165) is 15.8 Å². The Morgan fingerprint density at radius 1 is 1.32 bits per heavy atom. The summed E-state index contributed by atoms with van der Waals surface area (Å²) in [5.41, 5.74) is 4.21. The van der Waals surface area contributed by atoms with Crippen LogP contribution in [-0.4, -0.2) is 28.6 Å². The molecule has 0 aliphatic rings. The third-order valence-corrected chi connectivity index (χ3v) is 3.05. The molecule has 1 N–H and O–H groups in total. The van der Waals surface area contributed by atoms with Gasteiger partial charge in [-0.15, -0.1) is 10.2 Å². The molecular weight excluding hydrogens is 312 g/mol. The number of benzene rings is 1. The zero-order valence-electron chi connectivity index (χ0n) is 10.8. The maximum absolute atomic E-state index is 5.57. The lowest BCUT2D eigenvalue weighted by Crippen LogP contribution is -2.12. The third kappa shape index (κ3) is 3.37. The lowest BCUT2D eigenvalue weighted by atomic mass is 10.2. The van der Waals surface area contributed by atoms with Gasteiger partial charge < -0.3 is 14.9 Å². The highest BCUT2D eigenvalue weighted by Crippen LogP contribution is 2.36. The van der Waals surface area contributed by atoms with Gasteiger partial charge in [0.2, 0.25) is 0 Å². The standard InChI is InChI=1S/C12H15BrN4O2/c1-3-19-11-5-9(4-10(13)12(11)18-2)6-16-17-7-14-15-8-17/h4-5,7-8,16H,3,6H2,1-2H3. The van der Waals surface area contributed by atoms with E-state index in [0.29, 0.717) is 18.9 Å². The molecule has 2 aromatic rings. The summed E-state index contributed by atoms with van der Waals surface area (Å²) in [7, 11) is 1.62. The lowest BCUT2D eigenvalue weighted by molar-refractivity contribution is 0.309. The van der Waals surface area contributed by atoms with Crippen LogP contribution in [0.2, 0.25) is 0 Å². The second-order valence-corrected chi connectivity index (χ2v) is 4.60. The van der Waals surface area contributed by atoms with Crippen LogP contribution in [0.4, 0.5) is 0 Å². The fourth-order valence-corrected chi connectivity index (χ4v) is 2.30. The van der Waals surface area contributed by atoms with Gasteiger partial charge >= 0.3 is 0 Å². The molecule has 0 amide bonds. The predicted molar refractivity (Wildman–Crippen MR) is 74.9 cm³/mol. The topological polar surface area (TPSA) is 61.2 Å². The number of aromatic nitrogens is 3. The van der Waals surface area contributed by atoms with Crippen molar-refractivity contribution in [3.8, 4) is 11.5 Å². The molecule has 0 spiro atoms. The van der Waals surface area contributed by atoms with Crippen LogP contribution < -0.4 is 14.9 Å². The van der Waals surface area contributed by atoms with E-state index in [2.05, 4.69) is 31.6 Å². The number of ether oxygens (including phenoxy) is 2. The molecule has 2 rings (SSSR count). The molecule has 0 unspecified atom stereocenters. The monoisotopic (exact) mass is 326 g/mol. The first-order valence-electron chi connectivity index (χ1n) is 5.82. The molecule has 0 radical (unpaired) electrons. The first-order chi connectivity index (χ1) is 9.24. The average Bonchev–Trinajstić information content (AvgIpc) is 2.90. The van der Waals surface area contributed by atoms with Gasteiger partial charge in [0, 0.05) is 0 Å². The smallest absolute Gasteiger partial charge is 0.174 e. The molecule has 0 atom stereocenters. The predicted octanol–water partition coefficient (Wildman–Crippen LogP) is 2.19. The molecule has 0 saturated heterocycles. The van der Waals surface area contributed by atoms with E-state index in [4.69, 9.17) is 9.47 Å². The van der Waals surface area contributed by atoms with E-state index >= 15 is 0 Å². The molecule has 1 aromatic heterocycles. The maximum Gasteiger partial charge on any atom is 0.174 e. The molecule has 0 aliphatic carbocycles. The van der Waals surface area contributed by atoms with Crippen molar-refractivity contribution in [3.63, 3.8) is 0 Å². The van der Waals surface area contributed by atoms with Gasteiger partial charge in [-0.25, -0.2) is 4.68 Å². The molecule has 0 bridgehead atoms. The number of methoxy groups -OCH3 is 1. The van der Waals surface area contributed by atoms with E-state index in [-0.39, 0.29) is 0 Å². The van der Waals surface area contributed by atoms with Crippen molar-refractivity contribution in [1.29, 1.82) is 0 Å². The normalized spacial score (nSPS) is 10.3. The molecular formula is C12H15BrN4O2. The van der Waals surface area contributed by atoms with E-state index < -0.39 is 0 Å². The van der Waals surface area contributed by atoms with E-state index in [1.807, 2.05) is 19.1 Å². The summed E-state index contributed by atoms with van der Waals surface area (Å²) in [4.78, 5) is 0. The van der Waals surface area contributed by atoms with Crippen LogP contribution in [0, 0.1) is 0 Å². The third-order valence-electron chi connectivity index (χ3n) is 2.46. The molecule has 6 nitrogen and oxygen atoms in total. The van der Waals surface area contributed by atoms with Crippen molar-refractivity contribution in [2.45, 2.75) is 13.5 Å². The molecule has 1 heterocycles. The van der Waals surface area contributed by atoms with Crippen LogP contribution in [0.5, 0.6) is 11.5 Å². The van der Waals surface area contributed by atoms with Crippen LogP contribution >= 0.6 is 15.9 Å². The minimum atomic E-state index is 0.588. The second-order valence-electron chi connectivity index (χ2n) is 3.75. The summed E-state index contributed by atoms with van der Waals surface area (Å²) in [5.74, 6) is 1.43. The molecule has 102 valence electrons. The first-order valence-corrected chi connectivity index (χ1v) is 6.61. The van der Waals surface area contributed by atoms with Gasteiger partial charge in [0.15, 0.2) is 11.5 Å². The fourth-order valence-electron chi connectivity index (χ4n) is 1.65. The van der Waals surface area contributed by atoms with Crippen molar-refractivity contribution in [3.05, 3.63) is 34.8 Å². The van der Waals surface area contributed by atoms with Gasteiger partial charge in [0.05, 0.1) is 24.7 Å². The summed E-state index contributed by atoms with van der Waals surface area (Å²) in [6, 6.07) is 3.93. The molecule has 0 aliphatic heterocycles. The Balaban J connectivity index is 2.16. The minimum Gasteiger partial charge on any atom is -0.492 e. The maximum atomic E-state index is 5.57. The number of hydrogen-bond acceptors (Lipinski definition) is 5. The summed E-state index contributed by atoms with van der Waals surface area (Å²) in [6.45, 7) is 3.15. The van der Waals surface area contributed by atoms with Gasteiger partial charge in [0.1, 0.15) is 12.7 Å². The van der Waals surface area contributed by atoms with Crippen molar-refractivity contribution in [2.24, 2.45) is 0 Å². The quantitative estimate of drug-likeness (QED) is 0.881. The highest BCUT2D eigenvalue weighted by atomic mass is 79.9. The van der Waals surface area contributed by atoms with Crippen LogP contribution in [0.15, 0.2) is 29.3 Å². The Labute approximate surface area is 119 Å². The summed E-state index contributed by atoms with van der Waals surface area (Å²) in [6.07, 6.45) is 3.20. The molecule has 7 heteroatoms. The van der Waals surface area contributed by atoms with E-state index in [9.17, 15) is 0 Å². The zero-order valence-corrected chi connectivity index (χ0v) is 12.3. The Bertz CT molecular complexity index is 531. The molecule has 1 aromatic carbocycles. The summed E-state index contributed by atoms with van der Waals surface area (Å²) < 4.78 is 13.4. The summed E-state index contributed by atoms with van der Waals surface area (Å²) >= 11 is 3.48. The van der Waals surface area contributed by atoms with Crippen molar-refractivity contribution in [1.82, 2.24) is 14.9 Å². The largest absolute Gasteiger partial charge is 0.492 e. The average molecular weight is 327 g/mol. The minimum absolute atomic E-state index is 0.588. The van der Waals surface area contributed by atoms with E-state index in [1.165, 1.54) is 0 Å². The highest BCUT2D eigenvalue weighted by molar-refractivity contribution is 9.10. The Morgan fingerprint density at radius 2 is 2.05 bits per heavy atom. The fraction of sp³-hybridized carbons (Fsp3) is 0.333. The van der Waals surface area contributed by atoms with Gasteiger partial charge in [0.25, 0.3) is 0 Å². The Hall–Kier alpha value is -1.76. The second kappa shape index (κ2) is 6.42. The first kappa shape index (κ1) is 13.7. The van der Waals surface area contributed by atoms with Gasteiger partial charge in [-0.05, 0) is 40.5 Å². The van der Waals surface area contributed by atoms with Gasteiger partial charge in [-0.2, -0.15) is 0 Å². The van der Waals surface area contributed by atoms with Crippen LogP contribution in [-0.2, 0) is 6.54 Å². The summed E-state index contributed by atoms with van der Waals surface area (Å²) in [5, 5.41) is 7.45. The van der Waals surface area contributed by atoms with Crippen LogP contribution in [0.25, 0.3) is 0 Å². The molecule has 0 fully saturated rings. The van der Waals surface area contributed by atoms with E-state index in [1.54, 1.807) is 24.4 Å². The van der Waals surface area contributed by atoms with Crippen molar-refractivity contribution >= 4 is 15.9 Å². The van der Waals surface area contributed by atoms with Crippen LogP contribution in [0.3, 0.4) is 0 Å². The Kier molecular flexibility index (Phi) is 4.62. The molecule has 19 heavy (non-hydrogen) atoms. The molecule has 0 saturated carbocycles. The lowest BCUT2D eigenvalue weighted by Gasteiger charge is -2.14. The van der Waals surface area contributed by atoms with Crippen molar-refractivity contribution in [2.75, 3.05) is 19.1 Å². The number of rotatable bonds is 6. The van der Waals surface area contributed by atoms with Crippen molar-refractivity contribution < 1.29 is 9.47 Å². The zero-order chi connectivity index (χ0) is 13.7. The number of nitrogens with one attached hydrogen (secondary N) is 1. The van der Waals surface area contributed by atoms with Gasteiger partial charge in [-0.1, -0.05) is 0 Å². The SMILES string of the molecule is CCOc1cc(CNn2cnnc2)cc(Br)c1OC.